The molecule has 1 N–H and O–H groups in total. The molecule has 10 nitrogen and oxygen atoms in total. The van der Waals surface area contributed by atoms with E-state index in [0.29, 0.717) is 18.0 Å². The van der Waals surface area contributed by atoms with Crippen LogP contribution in [0.25, 0.3) is 0 Å². The molecule has 3 aromatic heterocycles. The number of hydrogen-bond donors (Lipinski definition) is 1. The largest absolute Gasteiger partial charge is 0.497 e. The van der Waals surface area contributed by atoms with Crippen molar-refractivity contribution in [2.45, 2.75) is 33.7 Å². The lowest BCUT2D eigenvalue weighted by molar-refractivity contribution is 0.102. The molecule has 166 valence electrons. The summed E-state index contributed by atoms with van der Waals surface area (Å²) in [7, 11) is 1.61. The van der Waals surface area contributed by atoms with Crippen LogP contribution in [0.1, 0.15) is 28.7 Å². The van der Waals surface area contributed by atoms with E-state index >= 15 is 0 Å². The minimum Gasteiger partial charge on any atom is -0.497 e. The van der Waals surface area contributed by atoms with Gasteiger partial charge >= 0.3 is 0 Å². The maximum absolute atomic E-state index is 12.5. The number of carbonyl (C=O) groups is 1. The first-order chi connectivity index (χ1) is 15.6. The molecule has 0 atom stereocenters. The topological polar surface area (TPSA) is 101 Å². The molecule has 1 amide bonds. The third-order valence-corrected chi connectivity index (χ3v) is 5.02. The summed E-state index contributed by atoms with van der Waals surface area (Å²) in [4.78, 5) is 12.5. The summed E-state index contributed by atoms with van der Waals surface area (Å²) in [5.41, 5.74) is 3.08. The second kappa shape index (κ2) is 9.38. The van der Waals surface area contributed by atoms with Crippen LogP contribution in [0.2, 0.25) is 0 Å². The predicted molar refractivity (Wildman–Crippen MR) is 118 cm³/mol. The third kappa shape index (κ3) is 4.80. The average Bonchev–Trinajstić information content (AvgIpc) is 3.54. The Kier molecular flexibility index (Phi) is 6.20. The van der Waals surface area contributed by atoms with Gasteiger partial charge in [0.15, 0.2) is 12.4 Å². The Labute approximate surface area is 185 Å². The standard InChI is InChI=1S/C22H25N7O3/c1-4-29-16(2)17(11-24-29)13-28-14-18(12-23-28)25-22(30)21-9-10-27(26-21)15-32-20-7-5-19(31-3)6-8-20/h5-12,14H,4,13,15H2,1-3H3,(H,25,30). The van der Waals surface area contributed by atoms with Crippen LogP contribution in [0.5, 0.6) is 11.5 Å². The quantitative estimate of drug-likeness (QED) is 0.434. The summed E-state index contributed by atoms with van der Waals surface area (Å²) in [6, 6.07) is 8.88. The van der Waals surface area contributed by atoms with Gasteiger partial charge in [-0.2, -0.15) is 15.3 Å². The van der Waals surface area contributed by atoms with Crippen LogP contribution >= 0.6 is 0 Å². The first-order valence-electron chi connectivity index (χ1n) is 10.2. The monoisotopic (exact) mass is 435 g/mol. The van der Waals surface area contributed by atoms with Gasteiger partial charge in [0.1, 0.15) is 11.5 Å². The summed E-state index contributed by atoms with van der Waals surface area (Å²) < 4.78 is 16.1. The zero-order valence-corrected chi connectivity index (χ0v) is 18.2. The van der Waals surface area contributed by atoms with Crippen LogP contribution < -0.4 is 14.8 Å². The Bertz CT molecular complexity index is 1190. The highest BCUT2D eigenvalue weighted by Gasteiger charge is 2.12. The lowest BCUT2D eigenvalue weighted by atomic mass is 10.2. The van der Waals surface area contributed by atoms with E-state index in [1.54, 1.807) is 41.1 Å². The van der Waals surface area contributed by atoms with Crippen molar-refractivity contribution in [1.82, 2.24) is 29.3 Å². The number of carbonyl (C=O) groups excluding carboxylic acids is 1. The highest BCUT2D eigenvalue weighted by atomic mass is 16.5. The number of nitrogens with zero attached hydrogens (tertiary/aromatic N) is 6. The second-order valence-electron chi connectivity index (χ2n) is 7.14. The van der Waals surface area contributed by atoms with Gasteiger partial charge in [-0.15, -0.1) is 0 Å². The molecule has 4 rings (SSSR count). The van der Waals surface area contributed by atoms with Crippen molar-refractivity contribution in [2.75, 3.05) is 12.4 Å². The Balaban J connectivity index is 1.32. The Morgan fingerprint density at radius 2 is 1.84 bits per heavy atom. The Morgan fingerprint density at radius 3 is 2.56 bits per heavy atom. The number of amides is 1. The fourth-order valence-corrected chi connectivity index (χ4v) is 3.21. The van der Waals surface area contributed by atoms with Gasteiger partial charge in [0.25, 0.3) is 5.91 Å². The molecular formula is C22H25N7O3. The number of rotatable bonds is 9. The van der Waals surface area contributed by atoms with E-state index in [1.807, 2.05) is 42.1 Å². The molecule has 0 unspecified atom stereocenters. The number of ether oxygens (including phenoxy) is 2. The zero-order valence-electron chi connectivity index (χ0n) is 18.2. The number of aromatic nitrogens is 6. The van der Waals surface area contributed by atoms with Crippen molar-refractivity contribution in [3.63, 3.8) is 0 Å². The van der Waals surface area contributed by atoms with Gasteiger partial charge in [0.05, 0.1) is 31.7 Å². The maximum atomic E-state index is 12.5. The first kappa shape index (κ1) is 21.2. The minimum absolute atomic E-state index is 0.183. The van der Waals surface area contributed by atoms with Crippen molar-refractivity contribution in [2.24, 2.45) is 0 Å². The van der Waals surface area contributed by atoms with E-state index in [9.17, 15) is 4.79 Å². The van der Waals surface area contributed by atoms with Crippen LogP contribution in [-0.4, -0.2) is 42.4 Å². The van der Waals surface area contributed by atoms with Crippen molar-refractivity contribution < 1.29 is 14.3 Å². The number of methoxy groups -OCH3 is 1. The first-order valence-corrected chi connectivity index (χ1v) is 10.2. The lowest BCUT2D eigenvalue weighted by Crippen LogP contribution is -2.14. The molecule has 32 heavy (non-hydrogen) atoms. The van der Waals surface area contributed by atoms with E-state index in [1.165, 1.54) is 0 Å². The normalized spacial score (nSPS) is 10.8. The SMILES string of the molecule is CCn1ncc(Cn2cc(NC(=O)c3ccn(COc4ccc(OC)cc4)n3)cn2)c1C. The molecule has 0 spiro atoms. The van der Waals surface area contributed by atoms with Crippen molar-refractivity contribution in [3.8, 4) is 11.5 Å². The molecular weight excluding hydrogens is 410 g/mol. The summed E-state index contributed by atoms with van der Waals surface area (Å²) in [6.45, 7) is 5.68. The van der Waals surface area contributed by atoms with Crippen LogP contribution in [0, 0.1) is 6.92 Å². The molecule has 0 bridgehead atoms. The molecule has 0 aliphatic carbocycles. The number of benzene rings is 1. The molecule has 10 heteroatoms. The highest BCUT2D eigenvalue weighted by Crippen LogP contribution is 2.17. The molecule has 0 aliphatic rings. The summed E-state index contributed by atoms with van der Waals surface area (Å²) in [6.07, 6.45) is 6.93. The predicted octanol–water partition coefficient (Wildman–Crippen LogP) is 2.95. The van der Waals surface area contributed by atoms with E-state index in [0.717, 1.165) is 23.6 Å². The Hall–Kier alpha value is -4.08. The van der Waals surface area contributed by atoms with Gasteiger partial charge in [-0.1, -0.05) is 0 Å². The highest BCUT2D eigenvalue weighted by molar-refractivity contribution is 6.02. The van der Waals surface area contributed by atoms with Crippen molar-refractivity contribution in [3.05, 3.63) is 72.1 Å². The van der Waals surface area contributed by atoms with Gasteiger partial charge in [-0.3, -0.25) is 14.2 Å². The molecule has 0 radical (unpaired) electrons. The number of nitrogens with one attached hydrogen (secondary N) is 1. The molecule has 0 saturated heterocycles. The number of anilines is 1. The minimum atomic E-state index is -0.317. The van der Waals surface area contributed by atoms with Crippen LogP contribution in [0.3, 0.4) is 0 Å². The van der Waals surface area contributed by atoms with Crippen LogP contribution in [0.15, 0.2) is 55.1 Å². The van der Waals surface area contributed by atoms with Gasteiger partial charge < -0.3 is 14.8 Å². The van der Waals surface area contributed by atoms with E-state index < -0.39 is 0 Å². The fourth-order valence-electron chi connectivity index (χ4n) is 3.21. The van der Waals surface area contributed by atoms with Crippen molar-refractivity contribution >= 4 is 11.6 Å². The molecule has 3 heterocycles. The number of hydrogen-bond acceptors (Lipinski definition) is 6. The van der Waals surface area contributed by atoms with Crippen molar-refractivity contribution in [1.29, 1.82) is 0 Å². The number of aryl methyl sites for hydroxylation is 1. The van der Waals surface area contributed by atoms with Crippen LogP contribution in [0.4, 0.5) is 5.69 Å². The van der Waals surface area contributed by atoms with Gasteiger partial charge in [0.2, 0.25) is 0 Å². The van der Waals surface area contributed by atoms with Gasteiger partial charge in [-0.25, -0.2) is 4.68 Å². The smallest absolute Gasteiger partial charge is 0.276 e. The second-order valence-corrected chi connectivity index (χ2v) is 7.14. The van der Waals surface area contributed by atoms with E-state index in [2.05, 4.69) is 27.5 Å². The van der Waals surface area contributed by atoms with Gasteiger partial charge in [0, 0.05) is 30.2 Å². The summed E-state index contributed by atoms with van der Waals surface area (Å²) in [5.74, 6) is 1.12. The zero-order chi connectivity index (χ0) is 22.5. The van der Waals surface area contributed by atoms with Gasteiger partial charge in [-0.05, 0) is 44.2 Å². The van der Waals surface area contributed by atoms with E-state index in [-0.39, 0.29) is 18.3 Å². The fraction of sp³-hybridized carbons (Fsp3) is 0.273. The third-order valence-electron chi connectivity index (χ3n) is 5.02. The molecule has 0 saturated carbocycles. The molecule has 1 aromatic carbocycles. The maximum Gasteiger partial charge on any atom is 0.276 e. The van der Waals surface area contributed by atoms with E-state index in [4.69, 9.17) is 9.47 Å². The summed E-state index contributed by atoms with van der Waals surface area (Å²) >= 11 is 0. The molecule has 0 aliphatic heterocycles. The summed E-state index contributed by atoms with van der Waals surface area (Å²) in [5, 5.41) is 15.8. The van der Waals surface area contributed by atoms with Crippen LogP contribution in [-0.2, 0) is 19.8 Å². The average molecular weight is 435 g/mol. The molecule has 0 fully saturated rings. The Morgan fingerprint density at radius 1 is 1.06 bits per heavy atom. The lowest BCUT2D eigenvalue weighted by Gasteiger charge is -2.07. The molecule has 4 aromatic rings.